The maximum Gasteiger partial charge on any atom is 0.416 e. The van der Waals surface area contributed by atoms with E-state index >= 15 is 0 Å². The van der Waals surface area contributed by atoms with Crippen molar-refractivity contribution in [3.05, 3.63) is 41.5 Å². The van der Waals surface area contributed by atoms with Gasteiger partial charge in [-0.25, -0.2) is 13.2 Å². The molecular formula is C17H18F3NO5S. The van der Waals surface area contributed by atoms with Crippen LogP contribution in [0.5, 0.6) is 0 Å². The highest BCUT2D eigenvalue weighted by atomic mass is 32.2. The molecule has 0 bridgehead atoms. The summed E-state index contributed by atoms with van der Waals surface area (Å²) in [6.45, 7) is -0.585. The monoisotopic (exact) mass is 405 g/mol. The number of halogens is 3. The van der Waals surface area contributed by atoms with Crippen LogP contribution in [0, 0.1) is 0 Å². The van der Waals surface area contributed by atoms with Crippen LogP contribution in [0.2, 0.25) is 0 Å². The first-order valence-corrected chi connectivity index (χ1v) is 9.78. The predicted octanol–water partition coefficient (Wildman–Crippen LogP) is 1.91. The number of nitrogens with zero attached hydrogens (tertiary/aromatic N) is 1. The van der Waals surface area contributed by atoms with E-state index in [1.807, 2.05) is 0 Å². The van der Waals surface area contributed by atoms with Gasteiger partial charge in [0.1, 0.15) is 0 Å². The largest absolute Gasteiger partial charge is 0.452 e. The van der Waals surface area contributed by atoms with Gasteiger partial charge < -0.3 is 9.64 Å². The number of benzene rings is 1. The molecule has 0 spiro atoms. The molecule has 0 radical (unpaired) electrons. The summed E-state index contributed by atoms with van der Waals surface area (Å²) in [6.07, 6.45) is -2.10. The molecule has 1 saturated heterocycles. The minimum atomic E-state index is -4.49. The van der Waals surface area contributed by atoms with Crippen molar-refractivity contribution in [3.8, 4) is 0 Å². The van der Waals surface area contributed by atoms with Crippen LogP contribution in [-0.2, 0) is 30.3 Å². The van der Waals surface area contributed by atoms with Crippen LogP contribution < -0.4 is 0 Å². The summed E-state index contributed by atoms with van der Waals surface area (Å²) >= 11 is 0. The van der Waals surface area contributed by atoms with Crippen LogP contribution in [0.15, 0.2) is 30.3 Å². The minimum Gasteiger partial charge on any atom is -0.452 e. The van der Waals surface area contributed by atoms with E-state index in [1.54, 1.807) is 0 Å². The standard InChI is InChI=1S/C17H18F3NO5S/c1-21(14-7-8-27(24,25)11-14)15(22)10-26-16(23)6-5-12-3-2-4-13(9-12)17(18,19)20/h2-6,9,14H,7-8,10-11H2,1H3/b6-5+/t14-/m0/s1. The predicted molar refractivity (Wildman–Crippen MR) is 91.3 cm³/mol. The lowest BCUT2D eigenvalue weighted by Gasteiger charge is -2.22. The van der Waals surface area contributed by atoms with Crippen LogP contribution >= 0.6 is 0 Å². The molecule has 148 valence electrons. The van der Waals surface area contributed by atoms with E-state index in [1.165, 1.54) is 24.1 Å². The van der Waals surface area contributed by atoms with E-state index in [4.69, 9.17) is 4.74 Å². The molecule has 10 heteroatoms. The highest BCUT2D eigenvalue weighted by molar-refractivity contribution is 7.91. The van der Waals surface area contributed by atoms with Crippen LogP contribution in [0.1, 0.15) is 17.5 Å². The van der Waals surface area contributed by atoms with Gasteiger partial charge in [0.25, 0.3) is 5.91 Å². The van der Waals surface area contributed by atoms with Crippen LogP contribution in [-0.4, -0.2) is 56.4 Å². The molecule has 0 unspecified atom stereocenters. The zero-order chi connectivity index (χ0) is 20.2. The molecule has 27 heavy (non-hydrogen) atoms. The third-order valence-electron chi connectivity index (χ3n) is 4.11. The molecule has 0 aliphatic carbocycles. The Labute approximate surface area is 154 Å². The highest BCUT2D eigenvalue weighted by Gasteiger charge is 2.33. The number of sulfone groups is 1. The lowest BCUT2D eigenvalue weighted by atomic mass is 10.1. The van der Waals surface area contributed by atoms with E-state index in [0.29, 0.717) is 6.42 Å². The Balaban J connectivity index is 1.87. The number of amides is 1. The average Bonchev–Trinajstić information content (AvgIpc) is 2.96. The van der Waals surface area contributed by atoms with E-state index in [2.05, 4.69) is 0 Å². The van der Waals surface area contributed by atoms with Crippen molar-refractivity contribution in [1.29, 1.82) is 0 Å². The SMILES string of the molecule is CN(C(=O)COC(=O)/C=C/c1cccc(C(F)(F)F)c1)[C@H]1CCS(=O)(=O)C1. The van der Waals surface area contributed by atoms with Gasteiger partial charge in [0.2, 0.25) is 0 Å². The van der Waals surface area contributed by atoms with E-state index in [-0.39, 0.29) is 17.1 Å². The number of hydrogen-bond acceptors (Lipinski definition) is 5. The third-order valence-corrected chi connectivity index (χ3v) is 5.86. The quantitative estimate of drug-likeness (QED) is 0.552. The number of carbonyl (C=O) groups is 2. The van der Waals surface area contributed by atoms with Crippen molar-refractivity contribution in [2.45, 2.75) is 18.6 Å². The first kappa shape index (κ1) is 20.9. The van der Waals surface area contributed by atoms with Crippen molar-refractivity contribution < 1.29 is 35.9 Å². The Morgan fingerprint density at radius 2 is 2.04 bits per heavy atom. The highest BCUT2D eigenvalue weighted by Crippen LogP contribution is 2.29. The number of alkyl halides is 3. The van der Waals surface area contributed by atoms with Crippen molar-refractivity contribution in [3.63, 3.8) is 0 Å². The van der Waals surface area contributed by atoms with E-state index in [9.17, 15) is 31.2 Å². The molecule has 2 rings (SSSR count). The summed E-state index contributed by atoms with van der Waals surface area (Å²) in [5.41, 5.74) is -0.692. The lowest BCUT2D eigenvalue weighted by Crippen LogP contribution is -2.40. The van der Waals surface area contributed by atoms with E-state index in [0.717, 1.165) is 24.3 Å². The smallest absolute Gasteiger partial charge is 0.416 e. The molecule has 1 aromatic rings. The summed E-state index contributed by atoms with van der Waals surface area (Å²) in [5.74, 6) is -1.57. The number of carbonyl (C=O) groups excluding carboxylic acids is 2. The fourth-order valence-electron chi connectivity index (χ4n) is 2.55. The number of ether oxygens (including phenoxy) is 1. The van der Waals surface area contributed by atoms with Crippen molar-refractivity contribution in [1.82, 2.24) is 4.90 Å². The Morgan fingerprint density at radius 3 is 2.63 bits per heavy atom. The van der Waals surface area contributed by atoms with Crippen LogP contribution in [0.3, 0.4) is 0 Å². The average molecular weight is 405 g/mol. The number of hydrogen-bond donors (Lipinski definition) is 0. The summed E-state index contributed by atoms with van der Waals surface area (Å²) in [6, 6.07) is 3.93. The molecule has 6 nitrogen and oxygen atoms in total. The molecular weight excluding hydrogens is 387 g/mol. The molecule has 1 amide bonds. The first-order chi connectivity index (χ1) is 12.5. The second-order valence-electron chi connectivity index (χ2n) is 6.13. The van der Waals surface area contributed by atoms with Gasteiger partial charge in [-0.05, 0) is 30.2 Å². The normalized spacial score (nSPS) is 19.2. The lowest BCUT2D eigenvalue weighted by molar-refractivity contribution is -0.148. The molecule has 1 aliphatic heterocycles. The topological polar surface area (TPSA) is 80.8 Å². The summed E-state index contributed by atoms with van der Waals surface area (Å²) in [7, 11) is -1.72. The third kappa shape index (κ3) is 6.09. The van der Waals surface area contributed by atoms with Crippen molar-refractivity contribution >= 4 is 27.8 Å². The second kappa shape index (κ2) is 8.12. The van der Waals surface area contributed by atoms with Gasteiger partial charge in [0, 0.05) is 19.2 Å². The van der Waals surface area contributed by atoms with Gasteiger partial charge in [-0.3, -0.25) is 4.79 Å². The van der Waals surface area contributed by atoms with Crippen LogP contribution in [0.25, 0.3) is 6.08 Å². The Bertz CT molecular complexity index is 848. The maximum absolute atomic E-state index is 12.6. The fraction of sp³-hybridized carbons (Fsp3) is 0.412. The molecule has 1 aromatic carbocycles. The zero-order valence-corrected chi connectivity index (χ0v) is 15.2. The van der Waals surface area contributed by atoms with Gasteiger partial charge in [0.05, 0.1) is 17.1 Å². The van der Waals surface area contributed by atoms with Gasteiger partial charge >= 0.3 is 12.1 Å². The zero-order valence-electron chi connectivity index (χ0n) is 14.4. The Morgan fingerprint density at radius 1 is 1.33 bits per heavy atom. The van der Waals surface area contributed by atoms with Crippen molar-refractivity contribution in [2.75, 3.05) is 25.2 Å². The number of likely N-dealkylation sites (N-methyl/N-ethyl adjacent to an activating group) is 1. The molecule has 0 saturated carbocycles. The van der Waals surface area contributed by atoms with Gasteiger partial charge in [-0.2, -0.15) is 13.2 Å². The summed E-state index contributed by atoms with van der Waals surface area (Å²) in [4.78, 5) is 24.9. The van der Waals surface area contributed by atoms with Crippen LogP contribution in [0.4, 0.5) is 13.2 Å². The molecule has 1 atom stereocenters. The molecule has 1 fully saturated rings. The maximum atomic E-state index is 12.6. The molecule has 1 aliphatic rings. The van der Waals surface area contributed by atoms with Gasteiger partial charge in [-0.15, -0.1) is 0 Å². The number of rotatable bonds is 5. The second-order valence-corrected chi connectivity index (χ2v) is 8.35. The van der Waals surface area contributed by atoms with Gasteiger partial charge in [-0.1, -0.05) is 12.1 Å². The number of esters is 1. The Hall–Kier alpha value is -2.36. The Kier molecular flexibility index (Phi) is 6.30. The van der Waals surface area contributed by atoms with E-state index < -0.39 is 46.1 Å². The fourth-order valence-corrected chi connectivity index (χ4v) is 4.32. The molecule has 0 aromatic heterocycles. The van der Waals surface area contributed by atoms with Crippen molar-refractivity contribution in [2.24, 2.45) is 0 Å². The summed E-state index contributed by atoms with van der Waals surface area (Å²) in [5, 5.41) is 0. The molecule has 1 heterocycles. The first-order valence-electron chi connectivity index (χ1n) is 7.96. The summed E-state index contributed by atoms with van der Waals surface area (Å²) < 4.78 is 65.5. The minimum absolute atomic E-state index is 0.00873. The van der Waals surface area contributed by atoms with Gasteiger partial charge in [0.15, 0.2) is 16.4 Å². The molecule has 0 N–H and O–H groups in total.